The largest absolute Gasteiger partial charge is 0.461 e. The topological polar surface area (TPSA) is 92.3 Å². The summed E-state index contributed by atoms with van der Waals surface area (Å²) in [6.07, 6.45) is 1.59. The normalized spacial score (nSPS) is 13.3. The third kappa shape index (κ3) is 2.68. The summed E-state index contributed by atoms with van der Waals surface area (Å²) in [5, 5.41) is 1.67. The summed E-state index contributed by atoms with van der Waals surface area (Å²) in [7, 11) is 3.30. The first-order chi connectivity index (χ1) is 11.3. The molecule has 3 rings (SSSR count). The van der Waals surface area contributed by atoms with Crippen LogP contribution in [0.15, 0.2) is 30.5 Å². The lowest BCUT2D eigenvalue weighted by Crippen LogP contribution is -2.41. The molecule has 126 valence electrons. The van der Waals surface area contributed by atoms with E-state index in [9.17, 15) is 13.6 Å². The van der Waals surface area contributed by atoms with E-state index >= 15 is 0 Å². The number of fused-ring (bicyclic) bond motifs is 3. The maximum Gasteiger partial charge on any atom is 0.363 e. The van der Waals surface area contributed by atoms with Gasteiger partial charge in [-0.2, -0.15) is 8.10 Å². The van der Waals surface area contributed by atoms with Crippen molar-refractivity contribution >= 4 is 44.7 Å². The van der Waals surface area contributed by atoms with E-state index in [0.717, 1.165) is 21.8 Å². The van der Waals surface area contributed by atoms with Gasteiger partial charge in [0.1, 0.15) is 11.4 Å². The molecule has 0 aliphatic rings. The molecular weight excluding hydrogens is 330 g/mol. The number of ether oxygens (including phenoxy) is 1. The Kier molecular flexibility index (Phi) is 4.12. The number of esters is 1. The summed E-state index contributed by atoms with van der Waals surface area (Å²) in [6.45, 7) is 2.02. The average Bonchev–Trinajstić information content (AvgIpc) is 2.91. The fraction of sp³-hybridized carbons (Fsp3) is 0.250. The molecule has 7 nitrogen and oxygen atoms in total. The van der Waals surface area contributed by atoms with Crippen molar-refractivity contribution in [2.45, 2.75) is 6.92 Å². The molecule has 0 aliphatic heterocycles. The quantitative estimate of drug-likeness (QED) is 0.429. The highest BCUT2D eigenvalue weighted by Gasteiger charge is 2.27. The fourth-order valence-corrected chi connectivity index (χ4v) is 2.82. The van der Waals surface area contributed by atoms with Crippen LogP contribution in [0.25, 0.3) is 21.8 Å². The molecule has 0 radical (unpaired) electrons. The van der Waals surface area contributed by atoms with Crippen LogP contribution in [0.2, 0.25) is 0 Å². The minimum Gasteiger partial charge on any atom is -0.461 e. The summed E-state index contributed by atoms with van der Waals surface area (Å²) in [5.41, 5.74) is 2.56. The van der Waals surface area contributed by atoms with E-state index in [0.29, 0.717) is 5.69 Å². The number of hydrogen-bond donors (Lipinski definition) is 2. The minimum atomic E-state index is -2.06. The van der Waals surface area contributed by atoms with Gasteiger partial charge in [0.2, 0.25) is 0 Å². The molecule has 24 heavy (non-hydrogen) atoms. The first kappa shape index (κ1) is 16.6. The van der Waals surface area contributed by atoms with Crippen LogP contribution < -0.4 is 3.89 Å². The van der Waals surface area contributed by atoms with Crippen molar-refractivity contribution < 1.29 is 18.3 Å². The minimum absolute atomic E-state index is 0.182. The third-order valence-electron chi connectivity index (χ3n) is 3.96. The number of hydrogen-bond acceptors (Lipinski definition) is 4. The van der Waals surface area contributed by atoms with Gasteiger partial charge in [-0.15, -0.1) is 0 Å². The molecule has 2 N–H and O–H groups in total. The molecule has 0 spiro atoms. The predicted molar refractivity (Wildman–Crippen MR) is 94.0 cm³/mol. The van der Waals surface area contributed by atoms with Crippen LogP contribution in [-0.2, 0) is 16.0 Å². The van der Waals surface area contributed by atoms with Gasteiger partial charge in [-0.25, -0.2) is 9.78 Å². The zero-order chi connectivity index (χ0) is 17.5. The van der Waals surface area contributed by atoms with Crippen LogP contribution in [0.4, 0.5) is 5.69 Å². The highest BCUT2D eigenvalue weighted by atomic mass is 32.2. The highest BCUT2D eigenvalue weighted by molar-refractivity contribution is 7.78. The van der Waals surface area contributed by atoms with E-state index < -0.39 is 17.2 Å². The zero-order valence-electron chi connectivity index (χ0n) is 13.6. The number of H-pyrrole nitrogens is 1. The Labute approximate surface area is 141 Å². The van der Waals surface area contributed by atoms with E-state index in [-0.39, 0.29) is 16.2 Å². The average molecular weight is 348 g/mol. The van der Waals surface area contributed by atoms with Gasteiger partial charge < -0.3 is 9.72 Å². The molecule has 1 aromatic carbocycles. The molecule has 0 saturated carbocycles. The fourth-order valence-electron chi connectivity index (χ4n) is 2.53. The summed E-state index contributed by atoms with van der Waals surface area (Å²) in [5.74, 6) is -0.475. The van der Waals surface area contributed by atoms with Crippen molar-refractivity contribution in [1.29, 1.82) is 0 Å². The molecular formula is C16H18N3O4S+. The Hall–Kier alpha value is -2.29. The molecule has 2 heterocycles. The summed E-state index contributed by atoms with van der Waals surface area (Å²) < 4.78 is 25.9. The number of carbonyl (C=O) groups excluding carboxylic acids is 1. The Morgan fingerprint density at radius 1 is 1.29 bits per heavy atom. The molecule has 3 aromatic rings. The van der Waals surface area contributed by atoms with E-state index in [1.54, 1.807) is 39.3 Å². The molecule has 0 bridgehead atoms. The Balaban J connectivity index is 2.20. The lowest BCUT2D eigenvalue weighted by Gasteiger charge is -2.22. The Morgan fingerprint density at radius 2 is 2.00 bits per heavy atom. The first-order valence-corrected chi connectivity index (χ1v) is 8.45. The van der Waals surface area contributed by atoms with Gasteiger partial charge in [0.25, 0.3) is 0 Å². The number of carbonyl (C=O) groups is 1. The number of quaternary nitrogens is 1. The van der Waals surface area contributed by atoms with Gasteiger partial charge in [0.15, 0.2) is 0 Å². The second kappa shape index (κ2) is 5.97. The molecule has 1 atom stereocenters. The number of aromatic amines is 1. The summed E-state index contributed by atoms with van der Waals surface area (Å²) in [6, 6.07) is 7.16. The number of aromatic nitrogens is 2. The summed E-state index contributed by atoms with van der Waals surface area (Å²) in [4.78, 5) is 19.2. The maximum atomic E-state index is 11.9. The third-order valence-corrected chi connectivity index (χ3v) is 4.96. The van der Waals surface area contributed by atoms with E-state index in [1.165, 1.54) is 0 Å². The van der Waals surface area contributed by atoms with E-state index in [4.69, 9.17) is 4.74 Å². The van der Waals surface area contributed by atoms with Gasteiger partial charge in [0, 0.05) is 28.4 Å². The van der Waals surface area contributed by atoms with E-state index in [1.807, 2.05) is 12.1 Å². The van der Waals surface area contributed by atoms with Gasteiger partial charge in [-0.05, 0) is 19.1 Å². The smallest absolute Gasteiger partial charge is 0.363 e. The second-order valence-electron chi connectivity index (χ2n) is 5.77. The SMILES string of the molecule is CCOC(=O)c1cc2c(cn1)[nH]c1ccc([N+](C)(C)S(=O)O)cc12. The lowest BCUT2D eigenvalue weighted by atomic mass is 10.1. The molecule has 8 heteroatoms. The van der Waals surface area contributed by atoms with Crippen LogP contribution in [-0.4, -0.2) is 45.4 Å². The Morgan fingerprint density at radius 3 is 2.67 bits per heavy atom. The monoisotopic (exact) mass is 348 g/mol. The maximum absolute atomic E-state index is 11.9. The highest BCUT2D eigenvalue weighted by Crippen LogP contribution is 2.31. The van der Waals surface area contributed by atoms with Crippen LogP contribution >= 0.6 is 0 Å². The molecule has 0 aliphatic carbocycles. The molecule has 0 amide bonds. The van der Waals surface area contributed by atoms with Crippen LogP contribution in [0.3, 0.4) is 0 Å². The molecule has 0 fully saturated rings. The predicted octanol–water partition coefficient (Wildman–Crippen LogP) is 2.60. The number of benzene rings is 1. The first-order valence-electron chi connectivity index (χ1n) is 7.39. The standard InChI is InChI=1S/C16H17N3O4S/c1-4-23-16(20)14-8-12-11-7-10(19(2,3)24(21)22)5-6-13(11)18-15(12)9-17-14/h5-9H,4H2,1-3H3,(H-,17,18,20,21,22)/p+1. The number of pyridine rings is 1. The van der Waals surface area contributed by atoms with Crippen LogP contribution in [0.5, 0.6) is 0 Å². The van der Waals surface area contributed by atoms with Crippen molar-refractivity contribution in [1.82, 2.24) is 13.9 Å². The van der Waals surface area contributed by atoms with Crippen molar-refractivity contribution in [3.63, 3.8) is 0 Å². The number of rotatable bonds is 4. The molecule has 2 aromatic heterocycles. The van der Waals surface area contributed by atoms with Crippen molar-refractivity contribution in [2.24, 2.45) is 0 Å². The summed E-state index contributed by atoms with van der Waals surface area (Å²) >= 11 is -2.06. The van der Waals surface area contributed by atoms with Gasteiger partial charge in [0.05, 0.1) is 32.4 Å². The number of nitrogens with zero attached hydrogens (tertiary/aromatic N) is 2. The van der Waals surface area contributed by atoms with Crippen molar-refractivity contribution in [3.8, 4) is 0 Å². The van der Waals surface area contributed by atoms with Crippen molar-refractivity contribution in [3.05, 3.63) is 36.2 Å². The Bertz CT molecular complexity index is 965. The zero-order valence-corrected chi connectivity index (χ0v) is 14.4. The van der Waals surface area contributed by atoms with Gasteiger partial charge in [-0.3, -0.25) is 4.55 Å². The number of nitrogens with one attached hydrogen (secondary N) is 1. The molecule has 1 unspecified atom stereocenters. The van der Waals surface area contributed by atoms with E-state index in [2.05, 4.69) is 9.97 Å². The second-order valence-corrected chi connectivity index (χ2v) is 7.15. The lowest BCUT2D eigenvalue weighted by molar-refractivity contribution is 0.0519. The van der Waals surface area contributed by atoms with Crippen LogP contribution in [0.1, 0.15) is 17.4 Å². The van der Waals surface area contributed by atoms with Gasteiger partial charge >= 0.3 is 17.2 Å². The molecule has 0 saturated heterocycles. The van der Waals surface area contributed by atoms with Gasteiger partial charge in [-0.1, -0.05) is 0 Å². The van der Waals surface area contributed by atoms with Crippen molar-refractivity contribution in [2.75, 3.05) is 20.7 Å². The van der Waals surface area contributed by atoms with Crippen LogP contribution in [0, 0.1) is 0 Å².